The number of nitrogens with zero attached hydrogens (tertiary/aromatic N) is 2. The molecule has 2 N–H and O–H groups in total. The maximum Gasteiger partial charge on any atom is 0.260 e. The first kappa shape index (κ1) is 25.1. The van der Waals surface area contributed by atoms with Crippen LogP contribution in [0.1, 0.15) is 22.8 Å². The summed E-state index contributed by atoms with van der Waals surface area (Å²) in [5.74, 6) is -0.799. The number of sulfonamides is 1. The Morgan fingerprint density at radius 2 is 1.53 bits per heavy atom. The number of carbonyl (C=O) groups excluding carboxylic acids is 2. The van der Waals surface area contributed by atoms with E-state index in [1.807, 2.05) is 6.07 Å². The van der Waals surface area contributed by atoms with Gasteiger partial charge in [0.2, 0.25) is 10.0 Å². The molecule has 0 aliphatic heterocycles. The Balaban J connectivity index is 1.62. The van der Waals surface area contributed by atoms with Gasteiger partial charge in [-0.05, 0) is 61.0 Å². The van der Waals surface area contributed by atoms with Gasteiger partial charge in [0.1, 0.15) is 6.54 Å². The van der Waals surface area contributed by atoms with E-state index in [4.69, 9.17) is 0 Å². The lowest BCUT2D eigenvalue weighted by Gasteiger charge is -2.21. The third-order valence-corrected chi connectivity index (χ3v) is 6.42. The molecule has 0 aliphatic carbocycles. The van der Waals surface area contributed by atoms with Crippen LogP contribution >= 0.6 is 15.9 Å². The molecule has 0 bridgehead atoms. The van der Waals surface area contributed by atoms with Gasteiger partial charge in [-0.15, -0.1) is 0 Å². The van der Waals surface area contributed by atoms with Gasteiger partial charge in [0.15, 0.2) is 0 Å². The molecule has 0 saturated heterocycles. The number of hydrogen-bond acceptors (Lipinski definition) is 5. The highest BCUT2D eigenvalue weighted by atomic mass is 79.9. The number of anilines is 2. The lowest BCUT2D eigenvalue weighted by molar-refractivity contribution is -0.119. The van der Waals surface area contributed by atoms with Crippen molar-refractivity contribution in [3.05, 3.63) is 94.5 Å². The van der Waals surface area contributed by atoms with E-state index >= 15 is 0 Å². The molecule has 0 radical (unpaired) electrons. The van der Waals surface area contributed by atoms with Crippen LogP contribution in [0.3, 0.4) is 0 Å². The van der Waals surface area contributed by atoms with Crippen molar-refractivity contribution in [3.8, 4) is 0 Å². The number of hydrazone groups is 1. The highest BCUT2D eigenvalue weighted by molar-refractivity contribution is 9.10. The molecule has 2 amide bonds. The molecule has 0 saturated carbocycles. The topological polar surface area (TPSA) is 108 Å². The maximum atomic E-state index is 12.4. The van der Waals surface area contributed by atoms with Crippen LogP contribution in [0.15, 0.2) is 88.4 Å². The lowest BCUT2D eigenvalue weighted by Crippen LogP contribution is -2.39. The fourth-order valence-corrected chi connectivity index (χ4v) is 4.09. The number of halogens is 1. The van der Waals surface area contributed by atoms with Crippen molar-refractivity contribution in [1.82, 2.24) is 5.43 Å². The fourth-order valence-electron chi connectivity index (χ4n) is 2.97. The highest BCUT2D eigenvalue weighted by Crippen LogP contribution is 2.20. The molecule has 8 nitrogen and oxygen atoms in total. The first-order valence-corrected chi connectivity index (χ1v) is 12.8. The first-order valence-electron chi connectivity index (χ1n) is 10.2. The van der Waals surface area contributed by atoms with Gasteiger partial charge in [-0.3, -0.25) is 13.9 Å². The van der Waals surface area contributed by atoms with Crippen LogP contribution in [0.5, 0.6) is 0 Å². The number of nitrogens with one attached hydrogen (secondary N) is 2. The lowest BCUT2D eigenvalue weighted by atomic mass is 10.1. The molecule has 176 valence electrons. The standard InChI is InChI=1S/C24H23BrN4O4S/c1-17(18-8-12-21(13-9-18)26-24(31)19-6-4-3-5-7-19)27-28-23(30)16-29(34(2,32)33)22-14-10-20(25)11-15-22/h3-15H,16H2,1-2H3,(H,26,31)(H,28,30)/b27-17-. The Morgan fingerprint density at radius 3 is 2.12 bits per heavy atom. The van der Waals surface area contributed by atoms with Gasteiger partial charge in [0.25, 0.3) is 11.8 Å². The molecular weight excluding hydrogens is 520 g/mol. The number of benzene rings is 3. The number of hydrogen-bond donors (Lipinski definition) is 2. The zero-order valence-corrected chi connectivity index (χ0v) is 20.9. The van der Waals surface area contributed by atoms with Crippen LogP contribution in [-0.4, -0.2) is 38.7 Å². The molecular formula is C24H23BrN4O4S. The van der Waals surface area contributed by atoms with E-state index in [1.165, 1.54) is 0 Å². The smallest absolute Gasteiger partial charge is 0.260 e. The Kier molecular flexibility index (Phi) is 8.19. The van der Waals surface area contributed by atoms with Crippen LogP contribution in [0.4, 0.5) is 11.4 Å². The predicted molar refractivity (Wildman–Crippen MR) is 138 cm³/mol. The quantitative estimate of drug-likeness (QED) is 0.331. The maximum absolute atomic E-state index is 12.4. The normalized spacial score (nSPS) is 11.6. The Labute approximate surface area is 206 Å². The summed E-state index contributed by atoms with van der Waals surface area (Å²) < 4.78 is 26.2. The molecule has 0 aromatic heterocycles. The number of rotatable bonds is 8. The van der Waals surface area contributed by atoms with Crippen molar-refractivity contribution in [2.24, 2.45) is 5.10 Å². The highest BCUT2D eigenvalue weighted by Gasteiger charge is 2.20. The van der Waals surface area contributed by atoms with E-state index in [2.05, 4.69) is 31.8 Å². The Bertz CT molecular complexity index is 1290. The summed E-state index contributed by atoms with van der Waals surface area (Å²) in [5.41, 5.74) is 5.18. The summed E-state index contributed by atoms with van der Waals surface area (Å²) >= 11 is 3.30. The zero-order chi connectivity index (χ0) is 24.7. The molecule has 0 aliphatic rings. The van der Waals surface area contributed by atoms with Crippen molar-refractivity contribution in [2.45, 2.75) is 6.92 Å². The molecule has 3 aromatic carbocycles. The van der Waals surface area contributed by atoms with Crippen molar-refractivity contribution in [1.29, 1.82) is 0 Å². The molecule has 0 atom stereocenters. The van der Waals surface area contributed by atoms with Crippen LogP contribution in [0, 0.1) is 0 Å². The Hall–Kier alpha value is -3.50. The monoisotopic (exact) mass is 542 g/mol. The molecule has 10 heteroatoms. The Morgan fingerprint density at radius 1 is 0.912 bits per heavy atom. The molecule has 0 fully saturated rings. The van der Waals surface area contributed by atoms with Gasteiger partial charge in [0.05, 0.1) is 17.7 Å². The van der Waals surface area contributed by atoms with Crippen molar-refractivity contribution in [3.63, 3.8) is 0 Å². The van der Waals surface area contributed by atoms with Gasteiger partial charge in [-0.1, -0.05) is 46.3 Å². The summed E-state index contributed by atoms with van der Waals surface area (Å²) in [6.45, 7) is 1.29. The molecule has 34 heavy (non-hydrogen) atoms. The number of carbonyl (C=O) groups is 2. The van der Waals surface area contributed by atoms with E-state index in [-0.39, 0.29) is 5.91 Å². The summed E-state index contributed by atoms with van der Waals surface area (Å²) in [6.07, 6.45) is 1.04. The summed E-state index contributed by atoms with van der Waals surface area (Å²) in [4.78, 5) is 24.7. The second-order valence-electron chi connectivity index (χ2n) is 7.38. The molecule has 3 aromatic rings. The van der Waals surface area contributed by atoms with E-state index in [1.54, 1.807) is 79.7 Å². The fraction of sp³-hybridized carbons (Fsp3) is 0.125. The first-order chi connectivity index (χ1) is 16.1. The number of amides is 2. The largest absolute Gasteiger partial charge is 0.322 e. The van der Waals surface area contributed by atoms with E-state index in [9.17, 15) is 18.0 Å². The van der Waals surface area contributed by atoms with E-state index in [0.717, 1.165) is 20.6 Å². The summed E-state index contributed by atoms with van der Waals surface area (Å²) in [5, 5.41) is 6.89. The minimum absolute atomic E-state index is 0.216. The third kappa shape index (κ3) is 7.00. The van der Waals surface area contributed by atoms with Gasteiger partial charge < -0.3 is 5.32 Å². The second kappa shape index (κ2) is 11.1. The van der Waals surface area contributed by atoms with Crippen molar-refractivity contribution < 1.29 is 18.0 Å². The van der Waals surface area contributed by atoms with E-state index < -0.39 is 22.5 Å². The van der Waals surface area contributed by atoms with Gasteiger partial charge in [-0.2, -0.15) is 5.10 Å². The SMILES string of the molecule is C/C(=N/NC(=O)CN(c1ccc(Br)cc1)S(C)(=O)=O)c1ccc(NC(=O)c2ccccc2)cc1. The average Bonchev–Trinajstić information content (AvgIpc) is 2.82. The van der Waals surface area contributed by atoms with Gasteiger partial charge in [0, 0.05) is 15.7 Å². The van der Waals surface area contributed by atoms with Gasteiger partial charge >= 0.3 is 0 Å². The van der Waals surface area contributed by atoms with Crippen LogP contribution in [0.25, 0.3) is 0 Å². The molecule has 0 unspecified atom stereocenters. The van der Waals surface area contributed by atoms with Crippen LogP contribution in [-0.2, 0) is 14.8 Å². The predicted octanol–water partition coefficient (Wildman–Crippen LogP) is 4.01. The summed E-state index contributed by atoms with van der Waals surface area (Å²) in [6, 6.07) is 22.5. The molecule has 0 spiro atoms. The van der Waals surface area contributed by atoms with Crippen LogP contribution < -0.4 is 15.0 Å². The van der Waals surface area contributed by atoms with Crippen molar-refractivity contribution in [2.75, 3.05) is 22.4 Å². The van der Waals surface area contributed by atoms with E-state index in [0.29, 0.717) is 22.6 Å². The average molecular weight is 543 g/mol. The minimum Gasteiger partial charge on any atom is -0.322 e. The van der Waals surface area contributed by atoms with Crippen LogP contribution in [0.2, 0.25) is 0 Å². The summed E-state index contributed by atoms with van der Waals surface area (Å²) in [7, 11) is -3.68. The van der Waals surface area contributed by atoms with Gasteiger partial charge in [-0.25, -0.2) is 13.8 Å². The third-order valence-electron chi connectivity index (χ3n) is 4.75. The zero-order valence-electron chi connectivity index (χ0n) is 18.5. The molecule has 0 heterocycles. The second-order valence-corrected chi connectivity index (χ2v) is 10.2. The van der Waals surface area contributed by atoms with Crippen molar-refractivity contribution >= 4 is 54.9 Å². The minimum atomic E-state index is -3.68. The molecule has 3 rings (SSSR count).